The molecule has 3 rings (SSSR count). The second-order valence-electron chi connectivity index (χ2n) is 5.49. The van der Waals surface area contributed by atoms with Crippen LogP contribution in [-0.4, -0.2) is 51.9 Å². The average Bonchev–Trinajstić information content (AvgIpc) is 3.19. The number of guanidine groups is 1. The smallest absolute Gasteiger partial charge is 0.213 e. The lowest BCUT2D eigenvalue weighted by Crippen LogP contribution is -2.40. The van der Waals surface area contributed by atoms with Gasteiger partial charge < -0.3 is 15.0 Å². The van der Waals surface area contributed by atoms with Crippen LogP contribution in [0.2, 0.25) is 0 Å². The lowest BCUT2D eigenvalue weighted by atomic mass is 10.3. The van der Waals surface area contributed by atoms with Gasteiger partial charge in [-0.05, 0) is 12.1 Å². The van der Waals surface area contributed by atoms with Gasteiger partial charge in [-0.3, -0.25) is 9.67 Å². The molecule has 2 aromatic heterocycles. The minimum absolute atomic E-state index is 0.139. The van der Waals surface area contributed by atoms with Crippen LogP contribution in [-0.2, 0) is 13.6 Å². The molecule has 0 bridgehead atoms. The Labute approximate surface area is 136 Å². The molecule has 2 aromatic rings. The SMILES string of the molecule is CN=C(NCc1ccnn1C)N1CCC(Oc2ccccn2)C1. The minimum Gasteiger partial charge on any atom is -0.472 e. The minimum atomic E-state index is 0.139. The molecule has 1 aliphatic rings. The maximum absolute atomic E-state index is 5.92. The monoisotopic (exact) mass is 314 g/mol. The first-order valence-corrected chi connectivity index (χ1v) is 7.76. The first-order chi connectivity index (χ1) is 11.3. The van der Waals surface area contributed by atoms with Crippen molar-refractivity contribution in [3.05, 3.63) is 42.4 Å². The zero-order chi connectivity index (χ0) is 16.1. The van der Waals surface area contributed by atoms with Gasteiger partial charge in [-0.25, -0.2) is 4.98 Å². The van der Waals surface area contributed by atoms with Gasteiger partial charge >= 0.3 is 0 Å². The molecule has 1 fully saturated rings. The van der Waals surface area contributed by atoms with Crippen molar-refractivity contribution in [3.63, 3.8) is 0 Å². The number of aliphatic imine (C=N–C) groups is 1. The molecule has 0 spiro atoms. The van der Waals surface area contributed by atoms with E-state index < -0.39 is 0 Å². The molecule has 1 unspecified atom stereocenters. The number of hydrogen-bond acceptors (Lipinski definition) is 4. The van der Waals surface area contributed by atoms with Crippen molar-refractivity contribution in [2.75, 3.05) is 20.1 Å². The number of aromatic nitrogens is 3. The van der Waals surface area contributed by atoms with E-state index in [9.17, 15) is 0 Å². The molecule has 0 amide bonds. The van der Waals surface area contributed by atoms with Crippen LogP contribution in [0.1, 0.15) is 12.1 Å². The van der Waals surface area contributed by atoms with Crippen LogP contribution < -0.4 is 10.1 Å². The Kier molecular flexibility index (Phi) is 4.75. The van der Waals surface area contributed by atoms with E-state index in [1.165, 1.54) is 0 Å². The van der Waals surface area contributed by atoms with Crippen molar-refractivity contribution in [2.45, 2.75) is 19.1 Å². The molecule has 23 heavy (non-hydrogen) atoms. The molecule has 0 radical (unpaired) electrons. The molecule has 7 nitrogen and oxygen atoms in total. The molecular weight excluding hydrogens is 292 g/mol. The number of rotatable bonds is 4. The van der Waals surface area contributed by atoms with E-state index in [2.05, 4.69) is 25.3 Å². The Hall–Kier alpha value is -2.57. The summed E-state index contributed by atoms with van der Waals surface area (Å²) in [4.78, 5) is 10.8. The number of likely N-dealkylation sites (tertiary alicyclic amines) is 1. The van der Waals surface area contributed by atoms with Gasteiger partial charge in [0.05, 0.1) is 18.8 Å². The largest absolute Gasteiger partial charge is 0.472 e. The van der Waals surface area contributed by atoms with Gasteiger partial charge in [-0.2, -0.15) is 5.10 Å². The van der Waals surface area contributed by atoms with Gasteiger partial charge in [0.2, 0.25) is 5.88 Å². The molecule has 1 aliphatic heterocycles. The number of ether oxygens (including phenoxy) is 1. The van der Waals surface area contributed by atoms with Gasteiger partial charge in [0, 0.05) is 45.5 Å². The highest BCUT2D eigenvalue weighted by molar-refractivity contribution is 5.80. The molecule has 3 heterocycles. The third kappa shape index (κ3) is 3.80. The van der Waals surface area contributed by atoms with Crippen molar-refractivity contribution in [1.29, 1.82) is 0 Å². The number of nitrogens with zero attached hydrogens (tertiary/aromatic N) is 5. The van der Waals surface area contributed by atoms with Gasteiger partial charge in [0.25, 0.3) is 0 Å². The zero-order valence-electron chi connectivity index (χ0n) is 13.5. The van der Waals surface area contributed by atoms with E-state index in [0.717, 1.165) is 31.2 Å². The highest BCUT2D eigenvalue weighted by Crippen LogP contribution is 2.16. The normalized spacial score (nSPS) is 18.3. The third-order valence-electron chi connectivity index (χ3n) is 3.93. The highest BCUT2D eigenvalue weighted by atomic mass is 16.5. The summed E-state index contributed by atoms with van der Waals surface area (Å²) in [6, 6.07) is 7.71. The molecular formula is C16H22N6O. The van der Waals surface area contributed by atoms with Crippen molar-refractivity contribution in [1.82, 2.24) is 25.0 Å². The predicted octanol–water partition coefficient (Wildman–Crippen LogP) is 1.04. The summed E-state index contributed by atoms with van der Waals surface area (Å²) in [5.41, 5.74) is 1.12. The number of aryl methyl sites for hydroxylation is 1. The Bertz CT molecular complexity index is 654. The summed E-state index contributed by atoms with van der Waals surface area (Å²) < 4.78 is 7.78. The van der Waals surface area contributed by atoms with Crippen LogP contribution in [0, 0.1) is 0 Å². The summed E-state index contributed by atoms with van der Waals surface area (Å²) in [6.45, 7) is 2.43. The van der Waals surface area contributed by atoms with Crippen molar-refractivity contribution < 1.29 is 4.74 Å². The Morgan fingerprint density at radius 1 is 1.39 bits per heavy atom. The topological polar surface area (TPSA) is 67.6 Å². The molecule has 0 aromatic carbocycles. The highest BCUT2D eigenvalue weighted by Gasteiger charge is 2.26. The Balaban J connectivity index is 1.53. The summed E-state index contributed by atoms with van der Waals surface area (Å²) >= 11 is 0. The van der Waals surface area contributed by atoms with Gasteiger partial charge in [0.15, 0.2) is 5.96 Å². The summed E-state index contributed by atoms with van der Waals surface area (Å²) in [7, 11) is 3.74. The van der Waals surface area contributed by atoms with Gasteiger partial charge in [0.1, 0.15) is 6.10 Å². The third-order valence-corrected chi connectivity index (χ3v) is 3.93. The Morgan fingerprint density at radius 3 is 3.00 bits per heavy atom. The summed E-state index contributed by atoms with van der Waals surface area (Å²) in [6.07, 6.45) is 4.64. The number of nitrogens with one attached hydrogen (secondary N) is 1. The lowest BCUT2D eigenvalue weighted by Gasteiger charge is -2.21. The van der Waals surface area contributed by atoms with E-state index in [1.54, 1.807) is 19.4 Å². The van der Waals surface area contributed by atoms with Gasteiger partial charge in [-0.1, -0.05) is 6.07 Å². The van der Waals surface area contributed by atoms with E-state index in [4.69, 9.17) is 4.74 Å². The van der Waals surface area contributed by atoms with Crippen LogP contribution in [0.5, 0.6) is 5.88 Å². The van der Waals surface area contributed by atoms with E-state index in [0.29, 0.717) is 12.4 Å². The van der Waals surface area contributed by atoms with Crippen molar-refractivity contribution in [2.24, 2.45) is 12.0 Å². The van der Waals surface area contributed by atoms with Crippen LogP contribution in [0.25, 0.3) is 0 Å². The van der Waals surface area contributed by atoms with E-state index in [1.807, 2.05) is 36.0 Å². The first kappa shape index (κ1) is 15.3. The van der Waals surface area contributed by atoms with Crippen LogP contribution in [0.3, 0.4) is 0 Å². The number of pyridine rings is 1. The number of hydrogen-bond donors (Lipinski definition) is 1. The molecule has 0 saturated carbocycles. The van der Waals surface area contributed by atoms with Crippen molar-refractivity contribution >= 4 is 5.96 Å². The van der Waals surface area contributed by atoms with Crippen LogP contribution in [0.15, 0.2) is 41.7 Å². The standard InChI is InChI=1S/C16H22N6O/c1-17-16(19-11-13-6-9-20-21(13)2)22-10-7-14(12-22)23-15-5-3-4-8-18-15/h3-6,8-9,14H,7,10-12H2,1-2H3,(H,17,19). The molecule has 1 atom stereocenters. The quantitative estimate of drug-likeness (QED) is 0.675. The van der Waals surface area contributed by atoms with Crippen molar-refractivity contribution in [3.8, 4) is 5.88 Å². The van der Waals surface area contributed by atoms with Crippen LogP contribution >= 0.6 is 0 Å². The first-order valence-electron chi connectivity index (χ1n) is 7.76. The molecule has 7 heteroatoms. The predicted molar refractivity (Wildman–Crippen MR) is 88.2 cm³/mol. The zero-order valence-corrected chi connectivity index (χ0v) is 13.5. The average molecular weight is 314 g/mol. The Morgan fingerprint density at radius 2 is 2.30 bits per heavy atom. The second-order valence-corrected chi connectivity index (χ2v) is 5.49. The van der Waals surface area contributed by atoms with E-state index in [-0.39, 0.29) is 6.10 Å². The van der Waals surface area contributed by atoms with Crippen LogP contribution in [0.4, 0.5) is 0 Å². The second kappa shape index (κ2) is 7.13. The van der Waals surface area contributed by atoms with Gasteiger partial charge in [-0.15, -0.1) is 0 Å². The maximum Gasteiger partial charge on any atom is 0.213 e. The summed E-state index contributed by atoms with van der Waals surface area (Å²) in [5.74, 6) is 1.57. The fraction of sp³-hybridized carbons (Fsp3) is 0.438. The molecule has 1 N–H and O–H groups in total. The molecule has 1 saturated heterocycles. The maximum atomic E-state index is 5.92. The fourth-order valence-electron chi connectivity index (χ4n) is 2.68. The lowest BCUT2D eigenvalue weighted by molar-refractivity contribution is 0.205. The van der Waals surface area contributed by atoms with E-state index >= 15 is 0 Å². The fourth-order valence-corrected chi connectivity index (χ4v) is 2.68. The molecule has 122 valence electrons. The summed E-state index contributed by atoms with van der Waals surface area (Å²) in [5, 5.41) is 7.56. The molecule has 0 aliphatic carbocycles.